The molecule has 102 valence electrons. The van der Waals surface area contributed by atoms with E-state index in [4.69, 9.17) is 4.74 Å². The van der Waals surface area contributed by atoms with Gasteiger partial charge in [-0.2, -0.15) is 5.10 Å². The Morgan fingerprint density at radius 1 is 1.53 bits per heavy atom. The zero-order valence-electron chi connectivity index (χ0n) is 10.9. The number of esters is 1. The molecule has 1 atom stereocenters. The van der Waals surface area contributed by atoms with E-state index in [-0.39, 0.29) is 17.8 Å². The van der Waals surface area contributed by atoms with Gasteiger partial charge in [-0.1, -0.05) is 12.1 Å². The highest BCUT2D eigenvalue weighted by molar-refractivity contribution is 5.80. The van der Waals surface area contributed by atoms with Gasteiger partial charge in [-0.25, -0.2) is 9.18 Å². The Labute approximate surface area is 111 Å². The molecule has 0 unspecified atom stereocenters. The number of methoxy groups -OCH3 is 1. The zero-order chi connectivity index (χ0) is 13.7. The summed E-state index contributed by atoms with van der Waals surface area (Å²) in [5.41, 5.74) is 0.675. The molecule has 0 aliphatic carbocycles. The predicted octanol–water partition coefficient (Wildman–Crippen LogP) is 2.19. The van der Waals surface area contributed by atoms with Crippen LogP contribution in [0, 0.1) is 5.82 Å². The van der Waals surface area contributed by atoms with Crippen molar-refractivity contribution in [2.45, 2.75) is 25.3 Å². The predicted molar refractivity (Wildman–Crippen MR) is 70.4 cm³/mol. The minimum Gasteiger partial charge on any atom is -0.467 e. The van der Waals surface area contributed by atoms with Crippen molar-refractivity contribution < 1.29 is 13.9 Å². The van der Waals surface area contributed by atoms with Crippen molar-refractivity contribution in [2.24, 2.45) is 5.10 Å². The van der Waals surface area contributed by atoms with Crippen molar-refractivity contribution in [2.75, 3.05) is 13.7 Å². The van der Waals surface area contributed by atoms with E-state index in [0.29, 0.717) is 12.1 Å². The number of hydrazone groups is 1. The molecule has 0 spiro atoms. The smallest absolute Gasteiger partial charge is 0.330 e. The molecule has 1 aliphatic rings. The highest BCUT2D eigenvalue weighted by Gasteiger charge is 2.28. The standard InChI is InChI=1S/C14H17FN2O2/c1-19-14(18)13-7-2-3-8-17(13)16-10-11-5-4-6-12(15)9-11/h4-6,9-10,13H,2-3,7-8H2,1H3/t13-/m1/s1. The van der Waals surface area contributed by atoms with Gasteiger partial charge in [0.1, 0.15) is 11.9 Å². The van der Waals surface area contributed by atoms with Crippen molar-refractivity contribution in [3.05, 3.63) is 35.6 Å². The Balaban J connectivity index is 2.09. The van der Waals surface area contributed by atoms with Crippen LogP contribution in [0.5, 0.6) is 0 Å². The van der Waals surface area contributed by atoms with E-state index in [0.717, 1.165) is 19.3 Å². The quantitative estimate of drug-likeness (QED) is 0.620. The molecule has 4 nitrogen and oxygen atoms in total. The van der Waals surface area contributed by atoms with Gasteiger partial charge >= 0.3 is 5.97 Å². The number of nitrogens with zero attached hydrogens (tertiary/aromatic N) is 2. The number of carbonyl (C=O) groups excluding carboxylic acids is 1. The summed E-state index contributed by atoms with van der Waals surface area (Å²) < 4.78 is 17.8. The van der Waals surface area contributed by atoms with Crippen molar-refractivity contribution in [1.29, 1.82) is 0 Å². The molecule has 1 aromatic carbocycles. The van der Waals surface area contributed by atoms with Crippen LogP contribution < -0.4 is 0 Å². The fraction of sp³-hybridized carbons (Fsp3) is 0.429. The molecule has 5 heteroatoms. The molecule has 1 fully saturated rings. The molecule has 19 heavy (non-hydrogen) atoms. The van der Waals surface area contributed by atoms with E-state index < -0.39 is 0 Å². The number of piperidine rings is 1. The van der Waals surface area contributed by atoms with Crippen LogP contribution in [0.1, 0.15) is 24.8 Å². The highest BCUT2D eigenvalue weighted by Crippen LogP contribution is 2.18. The number of benzene rings is 1. The minimum absolute atomic E-state index is 0.268. The summed E-state index contributed by atoms with van der Waals surface area (Å²) in [7, 11) is 1.38. The summed E-state index contributed by atoms with van der Waals surface area (Å²) in [6.45, 7) is 0.714. The second-order valence-electron chi connectivity index (χ2n) is 4.50. The second kappa shape index (κ2) is 6.31. The molecule has 1 heterocycles. The van der Waals surface area contributed by atoms with Gasteiger partial charge in [0.25, 0.3) is 0 Å². The Hall–Kier alpha value is -1.91. The van der Waals surface area contributed by atoms with Crippen LogP contribution in [0.15, 0.2) is 29.4 Å². The molecule has 0 amide bonds. The van der Waals surface area contributed by atoms with Crippen LogP contribution in [0.2, 0.25) is 0 Å². The van der Waals surface area contributed by atoms with E-state index in [9.17, 15) is 9.18 Å². The van der Waals surface area contributed by atoms with Crippen LogP contribution in [-0.4, -0.2) is 36.9 Å². The first-order valence-electron chi connectivity index (χ1n) is 6.35. The van der Waals surface area contributed by atoms with Crippen molar-refractivity contribution in [3.63, 3.8) is 0 Å². The van der Waals surface area contributed by atoms with Gasteiger partial charge in [0.2, 0.25) is 0 Å². The summed E-state index contributed by atoms with van der Waals surface area (Å²) in [6, 6.07) is 5.85. The molecular formula is C14H17FN2O2. The number of rotatable bonds is 3. The van der Waals surface area contributed by atoms with Gasteiger partial charge in [-0.3, -0.25) is 5.01 Å². The summed E-state index contributed by atoms with van der Waals surface area (Å²) in [5, 5.41) is 6.01. The topological polar surface area (TPSA) is 41.9 Å². The second-order valence-corrected chi connectivity index (χ2v) is 4.50. The third-order valence-electron chi connectivity index (χ3n) is 3.15. The maximum Gasteiger partial charge on any atom is 0.330 e. The largest absolute Gasteiger partial charge is 0.467 e. The number of hydrogen-bond donors (Lipinski definition) is 0. The summed E-state index contributed by atoms with van der Waals surface area (Å²) in [6.07, 6.45) is 4.30. The van der Waals surface area contributed by atoms with Gasteiger partial charge < -0.3 is 4.74 Å². The number of halogens is 1. The van der Waals surface area contributed by atoms with Crippen molar-refractivity contribution >= 4 is 12.2 Å². The first-order chi connectivity index (χ1) is 9.20. The van der Waals surface area contributed by atoms with E-state index in [1.165, 1.54) is 19.2 Å². The van der Waals surface area contributed by atoms with E-state index in [2.05, 4.69) is 5.10 Å². The number of ether oxygens (including phenoxy) is 1. The lowest BCUT2D eigenvalue weighted by molar-refractivity contribution is -0.148. The van der Waals surface area contributed by atoms with Crippen LogP contribution in [0.4, 0.5) is 4.39 Å². The Bertz CT molecular complexity index is 476. The molecular weight excluding hydrogens is 247 g/mol. The third-order valence-corrected chi connectivity index (χ3v) is 3.15. The molecule has 0 N–H and O–H groups in total. The summed E-state index contributed by atoms with van der Waals surface area (Å²) in [5.74, 6) is -0.566. The monoisotopic (exact) mass is 264 g/mol. The SMILES string of the molecule is COC(=O)[C@H]1CCCCN1N=Cc1cccc(F)c1. The lowest BCUT2D eigenvalue weighted by Crippen LogP contribution is -2.42. The van der Waals surface area contributed by atoms with E-state index >= 15 is 0 Å². The molecule has 0 aromatic heterocycles. The van der Waals surface area contributed by atoms with Crippen LogP contribution in [0.25, 0.3) is 0 Å². The maximum atomic E-state index is 13.0. The van der Waals surface area contributed by atoms with Crippen LogP contribution in [-0.2, 0) is 9.53 Å². The summed E-state index contributed by atoms with van der Waals surface area (Å²) >= 11 is 0. The molecule has 0 saturated carbocycles. The lowest BCUT2D eigenvalue weighted by atomic mass is 10.0. The molecule has 0 bridgehead atoms. The van der Waals surface area contributed by atoms with Gasteiger partial charge in [0.05, 0.1) is 13.3 Å². The van der Waals surface area contributed by atoms with E-state index in [1.807, 2.05) is 0 Å². The maximum absolute atomic E-state index is 13.0. The van der Waals surface area contributed by atoms with Crippen LogP contribution in [0.3, 0.4) is 0 Å². The van der Waals surface area contributed by atoms with Crippen LogP contribution >= 0.6 is 0 Å². The Morgan fingerprint density at radius 3 is 3.11 bits per heavy atom. The molecule has 0 radical (unpaired) electrons. The van der Waals surface area contributed by atoms with Crippen molar-refractivity contribution in [3.8, 4) is 0 Å². The zero-order valence-corrected chi connectivity index (χ0v) is 10.9. The molecule has 1 aliphatic heterocycles. The molecule has 2 rings (SSSR count). The lowest BCUT2D eigenvalue weighted by Gasteiger charge is -2.31. The van der Waals surface area contributed by atoms with E-state index in [1.54, 1.807) is 23.4 Å². The van der Waals surface area contributed by atoms with Crippen molar-refractivity contribution in [1.82, 2.24) is 5.01 Å². The van der Waals surface area contributed by atoms with Gasteiger partial charge in [-0.05, 0) is 37.0 Å². The highest BCUT2D eigenvalue weighted by atomic mass is 19.1. The Morgan fingerprint density at radius 2 is 2.37 bits per heavy atom. The first kappa shape index (κ1) is 13.5. The fourth-order valence-corrected chi connectivity index (χ4v) is 2.16. The number of carbonyl (C=O) groups is 1. The third kappa shape index (κ3) is 3.53. The number of hydrogen-bond acceptors (Lipinski definition) is 4. The average Bonchev–Trinajstić information content (AvgIpc) is 2.45. The average molecular weight is 264 g/mol. The summed E-state index contributed by atoms with van der Waals surface area (Å²) in [4.78, 5) is 11.6. The van der Waals surface area contributed by atoms with Gasteiger partial charge in [0.15, 0.2) is 0 Å². The molecule has 1 aromatic rings. The minimum atomic E-state index is -0.330. The molecule has 1 saturated heterocycles. The van der Waals surface area contributed by atoms with Gasteiger partial charge in [0, 0.05) is 6.54 Å². The first-order valence-corrected chi connectivity index (χ1v) is 6.35. The normalized spacial score (nSPS) is 19.7. The Kier molecular flexibility index (Phi) is 4.49. The van der Waals surface area contributed by atoms with Gasteiger partial charge in [-0.15, -0.1) is 0 Å². The fourth-order valence-electron chi connectivity index (χ4n) is 2.16.